The zero-order valence-electron chi connectivity index (χ0n) is 13.3. The van der Waals surface area contributed by atoms with E-state index in [-0.39, 0.29) is 18.2 Å². The number of halogens is 2. The monoisotopic (exact) mass is 331 g/mol. The molecule has 1 N–H and O–H groups in total. The molecular weight excluding hydrogens is 312 g/mol. The molecule has 5 nitrogen and oxygen atoms in total. The van der Waals surface area contributed by atoms with E-state index < -0.39 is 11.6 Å². The van der Waals surface area contributed by atoms with Crippen molar-refractivity contribution in [2.75, 3.05) is 18.4 Å². The standard InChI is InChI=1S/C17H19F2N5/c18-14-7-20-8-15(19)13(14)10-24-6-4-12(9-24)22-16-3-5-21-17(23-16)11-1-2-11/h3,5,7-8,11-12H,1-2,4,6,9-10H2,(H,21,22,23). The predicted molar refractivity (Wildman–Crippen MR) is 85.5 cm³/mol. The third kappa shape index (κ3) is 3.36. The highest BCUT2D eigenvalue weighted by atomic mass is 19.1. The highest BCUT2D eigenvalue weighted by molar-refractivity contribution is 5.35. The van der Waals surface area contributed by atoms with Gasteiger partial charge in [0.1, 0.15) is 23.3 Å². The number of hydrogen-bond donors (Lipinski definition) is 1. The third-order valence-electron chi connectivity index (χ3n) is 4.58. The van der Waals surface area contributed by atoms with Crippen molar-refractivity contribution in [2.45, 2.75) is 37.8 Å². The molecule has 2 aromatic heterocycles. The lowest BCUT2D eigenvalue weighted by molar-refractivity contribution is 0.315. The molecule has 0 amide bonds. The fourth-order valence-electron chi connectivity index (χ4n) is 3.11. The second-order valence-electron chi connectivity index (χ2n) is 6.52. The number of nitrogens with one attached hydrogen (secondary N) is 1. The Morgan fingerprint density at radius 2 is 1.96 bits per heavy atom. The summed E-state index contributed by atoms with van der Waals surface area (Å²) < 4.78 is 27.4. The minimum Gasteiger partial charge on any atom is -0.366 e. The van der Waals surface area contributed by atoms with Crippen LogP contribution in [0.2, 0.25) is 0 Å². The normalized spacial score (nSPS) is 21.2. The minimum absolute atomic E-state index is 0.0868. The zero-order valence-corrected chi connectivity index (χ0v) is 13.3. The lowest BCUT2D eigenvalue weighted by Crippen LogP contribution is -2.27. The molecule has 4 rings (SSSR count). The summed E-state index contributed by atoms with van der Waals surface area (Å²) in [5.41, 5.74) is 0.0868. The Morgan fingerprint density at radius 3 is 2.71 bits per heavy atom. The molecule has 2 aliphatic rings. The molecule has 0 bridgehead atoms. The van der Waals surface area contributed by atoms with Gasteiger partial charge in [0, 0.05) is 43.4 Å². The summed E-state index contributed by atoms with van der Waals surface area (Å²) in [6.07, 6.45) is 7.16. The lowest BCUT2D eigenvalue weighted by atomic mass is 10.2. The maximum Gasteiger partial charge on any atom is 0.148 e. The number of rotatable bonds is 5. The van der Waals surface area contributed by atoms with E-state index in [4.69, 9.17) is 0 Å². The van der Waals surface area contributed by atoms with Crippen molar-refractivity contribution in [3.8, 4) is 0 Å². The second-order valence-corrected chi connectivity index (χ2v) is 6.52. The Labute approximate surface area is 139 Å². The van der Waals surface area contributed by atoms with Gasteiger partial charge < -0.3 is 5.32 Å². The van der Waals surface area contributed by atoms with Crippen LogP contribution in [0.5, 0.6) is 0 Å². The molecule has 24 heavy (non-hydrogen) atoms. The summed E-state index contributed by atoms with van der Waals surface area (Å²) in [6, 6.07) is 2.09. The van der Waals surface area contributed by atoms with Crippen LogP contribution in [0.15, 0.2) is 24.7 Å². The van der Waals surface area contributed by atoms with Crippen LogP contribution in [-0.2, 0) is 6.54 Å². The summed E-state index contributed by atoms with van der Waals surface area (Å²) in [4.78, 5) is 14.4. The summed E-state index contributed by atoms with van der Waals surface area (Å²) in [5.74, 6) is 1.09. The molecule has 0 spiro atoms. The van der Waals surface area contributed by atoms with Gasteiger partial charge >= 0.3 is 0 Å². The molecule has 0 aromatic carbocycles. The first kappa shape index (κ1) is 15.4. The predicted octanol–water partition coefficient (Wildman–Crippen LogP) is 2.71. The first-order valence-electron chi connectivity index (χ1n) is 8.29. The number of nitrogens with zero attached hydrogens (tertiary/aromatic N) is 4. The Kier molecular flexibility index (Phi) is 4.10. The first-order valence-corrected chi connectivity index (χ1v) is 8.29. The molecule has 1 aliphatic carbocycles. The van der Waals surface area contributed by atoms with Crippen molar-refractivity contribution in [3.63, 3.8) is 0 Å². The maximum atomic E-state index is 13.7. The van der Waals surface area contributed by atoms with Gasteiger partial charge in [-0.2, -0.15) is 0 Å². The van der Waals surface area contributed by atoms with Crippen molar-refractivity contribution in [3.05, 3.63) is 47.7 Å². The number of hydrogen-bond acceptors (Lipinski definition) is 5. The number of pyridine rings is 1. The van der Waals surface area contributed by atoms with Crippen molar-refractivity contribution < 1.29 is 8.78 Å². The Morgan fingerprint density at radius 1 is 1.17 bits per heavy atom. The fraction of sp³-hybridized carbons (Fsp3) is 0.471. The molecule has 1 unspecified atom stereocenters. The van der Waals surface area contributed by atoms with Crippen molar-refractivity contribution >= 4 is 5.82 Å². The smallest absolute Gasteiger partial charge is 0.148 e. The quantitative estimate of drug-likeness (QED) is 0.913. The van der Waals surface area contributed by atoms with Crippen molar-refractivity contribution in [2.24, 2.45) is 0 Å². The first-order chi connectivity index (χ1) is 11.7. The van der Waals surface area contributed by atoms with E-state index in [1.165, 1.54) is 12.8 Å². The van der Waals surface area contributed by atoms with Crippen molar-refractivity contribution in [1.29, 1.82) is 0 Å². The largest absolute Gasteiger partial charge is 0.366 e. The van der Waals surface area contributed by atoms with E-state index in [1.807, 2.05) is 11.0 Å². The molecule has 126 valence electrons. The molecule has 3 heterocycles. The van der Waals surface area contributed by atoms with E-state index >= 15 is 0 Å². The molecule has 7 heteroatoms. The van der Waals surface area contributed by atoms with E-state index in [0.717, 1.165) is 43.5 Å². The van der Waals surface area contributed by atoms with Crippen LogP contribution in [0.3, 0.4) is 0 Å². The van der Waals surface area contributed by atoms with Crippen molar-refractivity contribution in [1.82, 2.24) is 19.9 Å². The van der Waals surface area contributed by atoms with Crippen LogP contribution < -0.4 is 5.32 Å². The molecule has 1 saturated carbocycles. The number of likely N-dealkylation sites (tertiary alicyclic amines) is 1. The molecule has 1 aliphatic heterocycles. The van der Waals surface area contributed by atoms with E-state index in [1.54, 1.807) is 6.20 Å². The zero-order chi connectivity index (χ0) is 16.5. The van der Waals surface area contributed by atoms with Crippen LogP contribution in [0.25, 0.3) is 0 Å². The molecule has 0 radical (unpaired) electrons. The third-order valence-corrected chi connectivity index (χ3v) is 4.58. The van der Waals surface area contributed by atoms with Gasteiger partial charge in [0.15, 0.2) is 0 Å². The SMILES string of the molecule is Fc1cncc(F)c1CN1CCC(Nc2ccnc(C3CC3)n2)C1. The lowest BCUT2D eigenvalue weighted by Gasteiger charge is -2.17. The van der Waals surface area contributed by atoms with Gasteiger partial charge in [0.2, 0.25) is 0 Å². The molecule has 1 atom stereocenters. The highest BCUT2D eigenvalue weighted by Crippen LogP contribution is 2.38. The highest BCUT2D eigenvalue weighted by Gasteiger charge is 2.28. The maximum absolute atomic E-state index is 13.7. The molecule has 2 fully saturated rings. The van der Waals surface area contributed by atoms with Gasteiger partial charge in [0.25, 0.3) is 0 Å². The van der Waals surface area contributed by atoms with Gasteiger partial charge in [0.05, 0.1) is 12.4 Å². The molecule has 2 aromatic rings. The van der Waals surface area contributed by atoms with E-state index in [0.29, 0.717) is 5.92 Å². The van der Waals surface area contributed by atoms with Gasteiger partial charge in [-0.3, -0.25) is 9.88 Å². The topological polar surface area (TPSA) is 53.9 Å². The van der Waals surface area contributed by atoms with Gasteiger partial charge in [-0.25, -0.2) is 18.7 Å². The summed E-state index contributed by atoms with van der Waals surface area (Å²) in [5, 5.41) is 3.42. The molecule has 1 saturated heterocycles. The van der Waals surface area contributed by atoms with Gasteiger partial charge in [-0.1, -0.05) is 0 Å². The summed E-state index contributed by atoms with van der Waals surface area (Å²) >= 11 is 0. The van der Waals surface area contributed by atoms with Crippen LogP contribution in [0, 0.1) is 11.6 Å². The summed E-state index contributed by atoms with van der Waals surface area (Å²) in [7, 11) is 0. The van der Waals surface area contributed by atoms with Crippen LogP contribution in [0.4, 0.5) is 14.6 Å². The Bertz CT molecular complexity index is 714. The number of aromatic nitrogens is 3. The van der Waals surface area contributed by atoms with Crippen LogP contribution in [-0.4, -0.2) is 39.0 Å². The average molecular weight is 331 g/mol. The van der Waals surface area contributed by atoms with E-state index in [2.05, 4.69) is 20.3 Å². The van der Waals surface area contributed by atoms with Crippen LogP contribution >= 0.6 is 0 Å². The van der Waals surface area contributed by atoms with E-state index in [9.17, 15) is 8.78 Å². The Hall–Kier alpha value is -2.15. The van der Waals surface area contributed by atoms with Crippen LogP contribution in [0.1, 0.15) is 36.6 Å². The van der Waals surface area contributed by atoms with Gasteiger partial charge in [-0.05, 0) is 25.3 Å². The fourth-order valence-corrected chi connectivity index (χ4v) is 3.11. The van der Waals surface area contributed by atoms with Gasteiger partial charge in [-0.15, -0.1) is 0 Å². The number of anilines is 1. The molecular formula is C17H19F2N5. The average Bonchev–Trinajstić information content (AvgIpc) is 3.33. The minimum atomic E-state index is -0.587. The second kappa shape index (κ2) is 6.39. The Balaban J connectivity index is 1.37. The summed E-state index contributed by atoms with van der Waals surface area (Å²) in [6.45, 7) is 1.78.